The van der Waals surface area contributed by atoms with Gasteiger partial charge in [-0.2, -0.15) is 0 Å². The molecule has 0 saturated heterocycles. The second-order valence-corrected chi connectivity index (χ2v) is 4.26. The third-order valence-corrected chi connectivity index (χ3v) is 2.37. The molecule has 90 valence electrons. The number of carboxylic acid groups (broad SMARTS) is 1. The molecule has 1 unspecified atom stereocenters. The van der Waals surface area contributed by atoms with E-state index in [1.165, 1.54) is 6.39 Å². The molecule has 0 aliphatic rings. The maximum absolute atomic E-state index is 11.0. The lowest BCUT2D eigenvalue weighted by Crippen LogP contribution is -2.37. The molecule has 1 atom stereocenters. The first-order chi connectivity index (χ1) is 7.50. The van der Waals surface area contributed by atoms with Crippen LogP contribution in [0.25, 0.3) is 0 Å². The van der Waals surface area contributed by atoms with Crippen molar-refractivity contribution < 1.29 is 14.3 Å². The van der Waals surface area contributed by atoms with Gasteiger partial charge >= 0.3 is 5.97 Å². The summed E-state index contributed by atoms with van der Waals surface area (Å²) in [6.45, 7) is 6.23. The van der Waals surface area contributed by atoms with Crippen molar-refractivity contribution in [2.45, 2.75) is 39.8 Å². The number of hydrogen-bond donors (Lipinski definition) is 2. The predicted molar refractivity (Wildman–Crippen MR) is 59.0 cm³/mol. The average Bonchev–Trinajstić information content (AvgIpc) is 2.57. The Balaban J connectivity index is 2.50. The SMILES string of the molecule is Cc1ocnc1CNC(CC(C)C)C(=O)O. The van der Waals surface area contributed by atoms with Crippen LogP contribution in [0.1, 0.15) is 31.7 Å². The minimum absolute atomic E-state index is 0.340. The number of aromatic nitrogens is 1. The summed E-state index contributed by atoms with van der Waals surface area (Å²) < 4.78 is 5.04. The van der Waals surface area contributed by atoms with Crippen LogP contribution in [0.4, 0.5) is 0 Å². The van der Waals surface area contributed by atoms with E-state index in [0.29, 0.717) is 18.9 Å². The fourth-order valence-corrected chi connectivity index (χ4v) is 1.46. The molecule has 1 heterocycles. The lowest BCUT2D eigenvalue weighted by molar-refractivity contribution is -0.140. The minimum Gasteiger partial charge on any atom is -0.480 e. The van der Waals surface area contributed by atoms with Crippen molar-refractivity contribution in [3.63, 3.8) is 0 Å². The number of aliphatic carboxylic acids is 1. The van der Waals surface area contributed by atoms with E-state index in [0.717, 1.165) is 11.5 Å². The summed E-state index contributed by atoms with van der Waals surface area (Å²) in [5, 5.41) is 12.0. The van der Waals surface area contributed by atoms with Crippen molar-refractivity contribution in [1.29, 1.82) is 0 Å². The van der Waals surface area contributed by atoms with E-state index in [1.54, 1.807) is 0 Å². The topological polar surface area (TPSA) is 75.4 Å². The standard InChI is InChI=1S/C11H18N2O3/c1-7(2)4-9(11(14)15)12-5-10-8(3)16-6-13-10/h6-7,9,12H,4-5H2,1-3H3,(H,14,15). The molecular formula is C11H18N2O3. The van der Waals surface area contributed by atoms with Crippen molar-refractivity contribution in [2.75, 3.05) is 0 Å². The van der Waals surface area contributed by atoms with Crippen molar-refractivity contribution in [3.05, 3.63) is 17.8 Å². The van der Waals surface area contributed by atoms with E-state index in [-0.39, 0.29) is 0 Å². The van der Waals surface area contributed by atoms with Gasteiger partial charge in [-0.1, -0.05) is 13.8 Å². The van der Waals surface area contributed by atoms with Gasteiger partial charge < -0.3 is 9.52 Å². The summed E-state index contributed by atoms with van der Waals surface area (Å²) in [6.07, 6.45) is 1.97. The molecule has 0 aliphatic heterocycles. The first-order valence-corrected chi connectivity index (χ1v) is 5.36. The zero-order valence-electron chi connectivity index (χ0n) is 9.86. The number of nitrogens with zero attached hydrogens (tertiary/aromatic N) is 1. The van der Waals surface area contributed by atoms with E-state index < -0.39 is 12.0 Å². The molecule has 5 heteroatoms. The number of nitrogens with one attached hydrogen (secondary N) is 1. The largest absolute Gasteiger partial charge is 0.480 e. The highest BCUT2D eigenvalue weighted by Gasteiger charge is 2.18. The van der Waals surface area contributed by atoms with E-state index in [4.69, 9.17) is 9.52 Å². The van der Waals surface area contributed by atoms with Crippen molar-refractivity contribution in [1.82, 2.24) is 10.3 Å². The molecule has 0 aliphatic carbocycles. The van der Waals surface area contributed by atoms with Gasteiger partial charge in [-0.05, 0) is 19.3 Å². The highest BCUT2D eigenvalue weighted by molar-refractivity contribution is 5.73. The van der Waals surface area contributed by atoms with Crippen LogP contribution in [-0.4, -0.2) is 22.1 Å². The summed E-state index contributed by atoms with van der Waals surface area (Å²) in [6, 6.07) is -0.531. The molecule has 1 rings (SSSR count). The predicted octanol–water partition coefficient (Wildman–Crippen LogP) is 1.57. The van der Waals surface area contributed by atoms with Crippen LogP contribution in [0.15, 0.2) is 10.8 Å². The lowest BCUT2D eigenvalue weighted by Gasteiger charge is -2.15. The molecular weight excluding hydrogens is 208 g/mol. The van der Waals surface area contributed by atoms with Crippen LogP contribution in [0, 0.1) is 12.8 Å². The van der Waals surface area contributed by atoms with Gasteiger partial charge in [0, 0.05) is 6.54 Å². The summed E-state index contributed by atoms with van der Waals surface area (Å²) in [4.78, 5) is 15.0. The van der Waals surface area contributed by atoms with Crippen molar-refractivity contribution in [3.8, 4) is 0 Å². The smallest absolute Gasteiger partial charge is 0.320 e. The van der Waals surface area contributed by atoms with E-state index in [9.17, 15) is 4.79 Å². The molecule has 0 amide bonds. The molecule has 0 saturated carbocycles. The molecule has 1 aromatic heterocycles. The van der Waals surface area contributed by atoms with Gasteiger partial charge in [0.25, 0.3) is 0 Å². The minimum atomic E-state index is -0.824. The van der Waals surface area contributed by atoms with Gasteiger partial charge in [0.2, 0.25) is 0 Å². The Morgan fingerprint density at radius 3 is 2.75 bits per heavy atom. The number of oxazole rings is 1. The van der Waals surface area contributed by atoms with E-state index >= 15 is 0 Å². The normalized spacial score (nSPS) is 13.0. The van der Waals surface area contributed by atoms with Crippen molar-refractivity contribution in [2.24, 2.45) is 5.92 Å². The number of carbonyl (C=O) groups is 1. The Kier molecular flexibility index (Phi) is 4.49. The fraction of sp³-hybridized carbons (Fsp3) is 0.636. The summed E-state index contributed by atoms with van der Waals surface area (Å²) in [7, 11) is 0. The molecule has 2 N–H and O–H groups in total. The first kappa shape index (κ1) is 12.7. The monoisotopic (exact) mass is 226 g/mol. The summed E-state index contributed by atoms with van der Waals surface area (Å²) in [5.74, 6) is 0.239. The van der Waals surface area contributed by atoms with Crippen LogP contribution in [0.2, 0.25) is 0 Å². The third kappa shape index (κ3) is 3.66. The maximum Gasteiger partial charge on any atom is 0.320 e. The molecule has 0 aromatic carbocycles. The van der Waals surface area contributed by atoms with Crippen LogP contribution >= 0.6 is 0 Å². The number of aryl methyl sites for hydroxylation is 1. The lowest BCUT2D eigenvalue weighted by atomic mass is 10.0. The van der Waals surface area contributed by atoms with Crippen LogP contribution in [0.5, 0.6) is 0 Å². The van der Waals surface area contributed by atoms with Crippen molar-refractivity contribution >= 4 is 5.97 Å². The Morgan fingerprint density at radius 1 is 1.62 bits per heavy atom. The Labute approximate surface area is 94.9 Å². The van der Waals surface area contributed by atoms with Gasteiger partial charge in [0.1, 0.15) is 11.8 Å². The number of carboxylic acids is 1. The van der Waals surface area contributed by atoms with Gasteiger partial charge in [-0.15, -0.1) is 0 Å². The van der Waals surface area contributed by atoms with Gasteiger partial charge in [-0.25, -0.2) is 4.98 Å². The molecule has 1 aromatic rings. The number of rotatable bonds is 6. The third-order valence-electron chi connectivity index (χ3n) is 2.37. The van der Waals surface area contributed by atoms with Crippen LogP contribution < -0.4 is 5.32 Å². The molecule has 0 bridgehead atoms. The Morgan fingerprint density at radius 2 is 2.31 bits per heavy atom. The van der Waals surface area contributed by atoms with Crippen LogP contribution in [0.3, 0.4) is 0 Å². The Hall–Kier alpha value is -1.36. The highest BCUT2D eigenvalue weighted by atomic mass is 16.4. The van der Waals surface area contributed by atoms with Crippen LogP contribution in [-0.2, 0) is 11.3 Å². The quantitative estimate of drug-likeness (QED) is 0.770. The van der Waals surface area contributed by atoms with Gasteiger partial charge in [0.05, 0.1) is 5.69 Å². The summed E-state index contributed by atoms with van der Waals surface area (Å²) in [5.41, 5.74) is 0.759. The molecule has 0 radical (unpaired) electrons. The molecule has 5 nitrogen and oxygen atoms in total. The maximum atomic E-state index is 11.0. The van der Waals surface area contributed by atoms with E-state index in [2.05, 4.69) is 10.3 Å². The zero-order valence-corrected chi connectivity index (χ0v) is 9.86. The highest BCUT2D eigenvalue weighted by Crippen LogP contribution is 2.08. The molecule has 0 fully saturated rings. The van der Waals surface area contributed by atoms with Gasteiger partial charge in [0.15, 0.2) is 6.39 Å². The first-order valence-electron chi connectivity index (χ1n) is 5.36. The Bertz CT molecular complexity index is 347. The zero-order chi connectivity index (χ0) is 12.1. The van der Waals surface area contributed by atoms with Gasteiger partial charge in [-0.3, -0.25) is 10.1 Å². The average molecular weight is 226 g/mol. The number of hydrogen-bond acceptors (Lipinski definition) is 4. The second kappa shape index (κ2) is 5.65. The second-order valence-electron chi connectivity index (χ2n) is 4.26. The van der Waals surface area contributed by atoms with E-state index in [1.807, 2.05) is 20.8 Å². The summed E-state index contributed by atoms with van der Waals surface area (Å²) >= 11 is 0. The molecule has 16 heavy (non-hydrogen) atoms. The fourth-order valence-electron chi connectivity index (χ4n) is 1.46. The molecule has 0 spiro atoms.